The lowest BCUT2D eigenvalue weighted by Crippen LogP contribution is -2.30. The van der Waals surface area contributed by atoms with Crippen LogP contribution in [0.15, 0.2) is 60.8 Å². The van der Waals surface area contributed by atoms with Gasteiger partial charge in [0.1, 0.15) is 13.2 Å². The zero-order chi connectivity index (χ0) is 44.4. The van der Waals surface area contributed by atoms with Crippen molar-refractivity contribution in [1.82, 2.24) is 0 Å². The fraction of sp³-hybridized carbons (Fsp3) is 0.764. The summed E-state index contributed by atoms with van der Waals surface area (Å²) in [7, 11) is 0. The Morgan fingerprint density at radius 1 is 0.328 bits per heavy atom. The molecule has 0 fully saturated rings. The molecule has 0 amide bonds. The number of esters is 3. The monoisotopic (exact) mass is 853 g/mol. The van der Waals surface area contributed by atoms with Crippen LogP contribution in [0.4, 0.5) is 0 Å². The highest BCUT2D eigenvalue weighted by Gasteiger charge is 2.19. The summed E-state index contributed by atoms with van der Waals surface area (Å²) in [6.07, 6.45) is 60.6. The van der Waals surface area contributed by atoms with Crippen molar-refractivity contribution in [2.75, 3.05) is 13.2 Å². The zero-order valence-electron chi connectivity index (χ0n) is 40.2. The van der Waals surface area contributed by atoms with E-state index in [0.29, 0.717) is 19.3 Å². The molecule has 0 aliphatic heterocycles. The summed E-state index contributed by atoms with van der Waals surface area (Å²) in [6, 6.07) is 0. The summed E-state index contributed by atoms with van der Waals surface area (Å²) in [6.45, 7) is 6.54. The van der Waals surface area contributed by atoms with E-state index >= 15 is 0 Å². The first-order valence-corrected chi connectivity index (χ1v) is 25.8. The van der Waals surface area contributed by atoms with Gasteiger partial charge in [-0.25, -0.2) is 0 Å². The molecule has 0 aromatic rings. The lowest BCUT2D eigenvalue weighted by molar-refractivity contribution is -0.167. The Bertz CT molecular complexity index is 1120. The SMILES string of the molecule is CCCCC/C=C\C/C=C\C/C=C\CCCCC(=O)OC[C@@H](COC(=O)CCCCCCC/C=C\CCCCCC)OC(=O)CCCCCCC/C=C\CCCCCCCC. The summed E-state index contributed by atoms with van der Waals surface area (Å²) in [5.74, 6) is -0.947. The molecular weight excluding hydrogens is 757 g/mol. The average Bonchev–Trinajstić information content (AvgIpc) is 3.26. The van der Waals surface area contributed by atoms with Crippen molar-refractivity contribution in [1.29, 1.82) is 0 Å². The maximum atomic E-state index is 12.8. The molecule has 1 atom stereocenters. The Morgan fingerprint density at radius 3 is 1.02 bits per heavy atom. The van der Waals surface area contributed by atoms with Crippen LogP contribution in [0.1, 0.15) is 252 Å². The van der Waals surface area contributed by atoms with Crippen LogP contribution in [0.3, 0.4) is 0 Å². The number of hydrogen-bond donors (Lipinski definition) is 0. The molecule has 0 spiro atoms. The van der Waals surface area contributed by atoms with Gasteiger partial charge in [0.2, 0.25) is 0 Å². The Morgan fingerprint density at radius 2 is 0.590 bits per heavy atom. The molecule has 0 N–H and O–H groups in total. The van der Waals surface area contributed by atoms with Gasteiger partial charge in [-0.1, -0.05) is 184 Å². The van der Waals surface area contributed by atoms with Crippen molar-refractivity contribution in [3.05, 3.63) is 60.8 Å². The molecule has 0 saturated carbocycles. The number of carbonyl (C=O) groups excluding carboxylic acids is 3. The van der Waals surface area contributed by atoms with Crippen LogP contribution in [-0.4, -0.2) is 37.2 Å². The van der Waals surface area contributed by atoms with Crippen LogP contribution < -0.4 is 0 Å². The summed E-state index contributed by atoms with van der Waals surface area (Å²) < 4.78 is 16.7. The van der Waals surface area contributed by atoms with Crippen LogP contribution in [0, 0.1) is 0 Å². The highest BCUT2D eigenvalue weighted by Crippen LogP contribution is 2.13. The van der Waals surface area contributed by atoms with Crippen molar-refractivity contribution in [2.24, 2.45) is 0 Å². The molecule has 0 aromatic carbocycles. The Labute approximate surface area is 377 Å². The molecule has 0 aromatic heterocycles. The number of unbranched alkanes of at least 4 members (excludes halogenated alkanes) is 25. The van der Waals surface area contributed by atoms with Crippen LogP contribution in [0.2, 0.25) is 0 Å². The lowest BCUT2D eigenvalue weighted by Gasteiger charge is -2.18. The first-order valence-electron chi connectivity index (χ1n) is 25.8. The minimum absolute atomic E-state index is 0.0938. The second kappa shape index (κ2) is 49.8. The van der Waals surface area contributed by atoms with E-state index in [1.807, 2.05) is 0 Å². The van der Waals surface area contributed by atoms with E-state index < -0.39 is 6.10 Å². The van der Waals surface area contributed by atoms with Gasteiger partial charge >= 0.3 is 17.9 Å². The number of carbonyl (C=O) groups is 3. The maximum Gasteiger partial charge on any atom is 0.306 e. The molecule has 0 radical (unpaired) electrons. The normalized spacial score (nSPS) is 12.5. The summed E-state index contributed by atoms with van der Waals surface area (Å²) in [5.41, 5.74) is 0. The van der Waals surface area contributed by atoms with Crippen molar-refractivity contribution in [3.63, 3.8) is 0 Å². The fourth-order valence-electron chi connectivity index (χ4n) is 7.03. The lowest BCUT2D eigenvalue weighted by atomic mass is 10.1. The highest BCUT2D eigenvalue weighted by atomic mass is 16.6. The van der Waals surface area contributed by atoms with Crippen LogP contribution in [0.25, 0.3) is 0 Å². The third kappa shape index (κ3) is 48.0. The molecule has 0 aliphatic rings. The molecule has 0 aliphatic carbocycles. The first kappa shape index (κ1) is 58.1. The standard InChI is InChI=1S/C55H96O6/c1-4-7-10-13-16-19-22-25-27-30-33-36-39-42-45-48-54(57)60-51-52(50-59-53(56)47-44-41-38-35-32-29-24-21-18-15-12-9-6-3)61-55(58)49-46-43-40-37-34-31-28-26-23-20-17-14-11-8-5-2/h16,19,21,24-28,33,36,52H,4-15,17-18,20,22-23,29-32,34-35,37-51H2,1-3H3/b19-16-,24-21-,27-25-,28-26-,36-33-/t52-/m1/s1. The highest BCUT2D eigenvalue weighted by molar-refractivity contribution is 5.71. The van der Waals surface area contributed by atoms with Crippen LogP contribution >= 0.6 is 0 Å². The molecule has 0 rings (SSSR count). The second-order valence-corrected chi connectivity index (χ2v) is 17.1. The van der Waals surface area contributed by atoms with E-state index in [-0.39, 0.29) is 31.1 Å². The molecule has 0 unspecified atom stereocenters. The van der Waals surface area contributed by atoms with E-state index in [1.165, 1.54) is 122 Å². The third-order valence-corrected chi connectivity index (χ3v) is 11.0. The van der Waals surface area contributed by atoms with Gasteiger partial charge in [0.15, 0.2) is 6.10 Å². The van der Waals surface area contributed by atoms with Gasteiger partial charge in [0, 0.05) is 19.3 Å². The Hall–Kier alpha value is -2.89. The first-order chi connectivity index (χ1) is 30.0. The van der Waals surface area contributed by atoms with E-state index in [9.17, 15) is 14.4 Å². The third-order valence-electron chi connectivity index (χ3n) is 11.0. The van der Waals surface area contributed by atoms with Gasteiger partial charge in [-0.2, -0.15) is 0 Å². The average molecular weight is 853 g/mol. The fourth-order valence-corrected chi connectivity index (χ4v) is 7.03. The molecule has 0 saturated heterocycles. The zero-order valence-corrected chi connectivity index (χ0v) is 40.2. The predicted molar refractivity (Wildman–Crippen MR) is 261 cm³/mol. The van der Waals surface area contributed by atoms with Crippen molar-refractivity contribution < 1.29 is 28.6 Å². The van der Waals surface area contributed by atoms with Gasteiger partial charge in [0.25, 0.3) is 0 Å². The van der Waals surface area contributed by atoms with Crippen molar-refractivity contribution in [2.45, 2.75) is 258 Å². The van der Waals surface area contributed by atoms with E-state index in [1.54, 1.807) is 0 Å². The predicted octanol–water partition coefficient (Wildman–Crippen LogP) is 16.9. The van der Waals surface area contributed by atoms with E-state index in [4.69, 9.17) is 14.2 Å². The van der Waals surface area contributed by atoms with Gasteiger partial charge in [0.05, 0.1) is 0 Å². The molecule has 6 nitrogen and oxygen atoms in total. The number of ether oxygens (including phenoxy) is 3. The van der Waals surface area contributed by atoms with Gasteiger partial charge in [-0.05, 0) is 109 Å². The summed E-state index contributed by atoms with van der Waals surface area (Å²) in [4.78, 5) is 37.9. The molecular formula is C55H96O6. The molecule has 6 heteroatoms. The van der Waals surface area contributed by atoms with Crippen molar-refractivity contribution >= 4 is 17.9 Å². The Balaban J connectivity index is 4.46. The number of rotatable bonds is 46. The molecule has 352 valence electrons. The molecule has 0 heterocycles. The maximum absolute atomic E-state index is 12.8. The Kier molecular flexibility index (Phi) is 47.4. The smallest absolute Gasteiger partial charge is 0.306 e. The summed E-state index contributed by atoms with van der Waals surface area (Å²) in [5, 5.41) is 0. The minimum atomic E-state index is -0.796. The number of hydrogen-bond acceptors (Lipinski definition) is 6. The summed E-state index contributed by atoms with van der Waals surface area (Å²) >= 11 is 0. The van der Waals surface area contributed by atoms with Crippen LogP contribution in [0.5, 0.6) is 0 Å². The van der Waals surface area contributed by atoms with Gasteiger partial charge in [-0.15, -0.1) is 0 Å². The quantitative estimate of drug-likeness (QED) is 0.0263. The number of allylic oxidation sites excluding steroid dienone is 10. The van der Waals surface area contributed by atoms with Gasteiger partial charge < -0.3 is 14.2 Å². The molecule has 0 bridgehead atoms. The molecule has 61 heavy (non-hydrogen) atoms. The van der Waals surface area contributed by atoms with E-state index in [2.05, 4.69) is 81.5 Å². The topological polar surface area (TPSA) is 78.9 Å². The van der Waals surface area contributed by atoms with Crippen molar-refractivity contribution in [3.8, 4) is 0 Å². The van der Waals surface area contributed by atoms with E-state index in [0.717, 1.165) is 89.9 Å². The second-order valence-electron chi connectivity index (χ2n) is 17.1. The van der Waals surface area contributed by atoms with Gasteiger partial charge in [-0.3, -0.25) is 14.4 Å². The minimum Gasteiger partial charge on any atom is -0.462 e. The van der Waals surface area contributed by atoms with Crippen LogP contribution in [-0.2, 0) is 28.6 Å². The largest absolute Gasteiger partial charge is 0.462 e.